The van der Waals surface area contributed by atoms with Crippen molar-refractivity contribution in [2.24, 2.45) is 0 Å². The van der Waals surface area contributed by atoms with E-state index >= 15 is 0 Å². The first-order chi connectivity index (χ1) is 15.4. The van der Waals surface area contributed by atoms with Crippen molar-refractivity contribution in [3.05, 3.63) is 46.9 Å². The molecule has 2 rings (SSSR count). The molecule has 182 valence electrons. The van der Waals surface area contributed by atoms with E-state index in [0.29, 0.717) is 28.4 Å². The molecular weight excluding hydrogens is 487 g/mol. The summed E-state index contributed by atoms with van der Waals surface area (Å²) < 4.78 is 95.8. The fourth-order valence-corrected chi connectivity index (χ4v) is 4.14. The van der Waals surface area contributed by atoms with E-state index in [1.165, 1.54) is 56.8 Å². The molecule has 0 saturated heterocycles. The van der Waals surface area contributed by atoms with Gasteiger partial charge >= 0.3 is 15.5 Å². The van der Waals surface area contributed by atoms with E-state index < -0.39 is 32.4 Å². The normalized spacial score (nSPS) is 13.0. The third-order valence-corrected chi connectivity index (χ3v) is 6.42. The molecule has 0 spiro atoms. The number of anilines is 1. The Kier molecular flexibility index (Phi) is 8.75. The zero-order valence-electron chi connectivity index (χ0n) is 18.1. The van der Waals surface area contributed by atoms with Crippen LogP contribution in [0.15, 0.2) is 35.7 Å². The Bertz CT molecular complexity index is 1080. The number of ether oxygens (including phenoxy) is 4. The summed E-state index contributed by atoms with van der Waals surface area (Å²) in [4.78, 5) is 0. The summed E-state index contributed by atoms with van der Waals surface area (Å²) in [6.07, 6.45) is 1.52. The molecule has 1 N–H and O–H groups in total. The third kappa shape index (κ3) is 6.62. The predicted molar refractivity (Wildman–Crippen MR) is 119 cm³/mol. The second kappa shape index (κ2) is 10.9. The quantitative estimate of drug-likeness (QED) is 0.484. The van der Waals surface area contributed by atoms with Gasteiger partial charge in [-0.05, 0) is 23.3 Å². The molecule has 8 nitrogen and oxygen atoms in total. The van der Waals surface area contributed by atoms with Gasteiger partial charge in [-0.2, -0.15) is 21.6 Å². The topological polar surface area (TPSA) is 106 Å². The first-order valence-corrected chi connectivity index (χ1v) is 11.9. The summed E-state index contributed by atoms with van der Waals surface area (Å²) in [7, 11) is -0.0979. The van der Waals surface area contributed by atoms with Crippen molar-refractivity contribution in [2.45, 2.75) is 11.3 Å². The van der Waals surface area contributed by atoms with Gasteiger partial charge in [0.05, 0.1) is 39.7 Å². The summed E-state index contributed by atoms with van der Waals surface area (Å²) in [5, 5.41) is 1.36. The maximum absolute atomic E-state index is 12.7. The van der Waals surface area contributed by atoms with Crippen LogP contribution in [0.3, 0.4) is 0 Å². The highest BCUT2D eigenvalue weighted by Crippen LogP contribution is 2.36. The van der Waals surface area contributed by atoms with Crippen molar-refractivity contribution < 1.29 is 45.1 Å². The van der Waals surface area contributed by atoms with Crippen LogP contribution in [-0.2, 0) is 27.0 Å². The largest absolute Gasteiger partial charge is 0.612 e. The van der Waals surface area contributed by atoms with Gasteiger partial charge in [0, 0.05) is 23.8 Å². The Morgan fingerprint density at radius 3 is 2.03 bits per heavy atom. The molecular formula is C20H22F3NO7S2. The van der Waals surface area contributed by atoms with Crippen LogP contribution in [0.1, 0.15) is 11.1 Å². The van der Waals surface area contributed by atoms with Crippen LogP contribution in [0, 0.1) is 0 Å². The van der Waals surface area contributed by atoms with Crippen molar-refractivity contribution in [1.29, 1.82) is 0 Å². The second-order valence-corrected chi connectivity index (χ2v) is 9.36. The smallest absolute Gasteiger partial charge is 0.516 e. The van der Waals surface area contributed by atoms with Gasteiger partial charge < -0.3 is 23.5 Å². The zero-order valence-corrected chi connectivity index (χ0v) is 19.7. The number of methoxy groups -OCH3 is 4. The molecule has 2 aromatic carbocycles. The lowest BCUT2D eigenvalue weighted by atomic mass is 10.1. The molecule has 0 aliphatic carbocycles. The summed E-state index contributed by atoms with van der Waals surface area (Å²) in [5.74, 6) is 1.08. The number of alkyl halides is 3. The van der Waals surface area contributed by atoms with Crippen molar-refractivity contribution >= 4 is 33.0 Å². The Morgan fingerprint density at radius 2 is 1.55 bits per heavy atom. The van der Waals surface area contributed by atoms with Crippen molar-refractivity contribution in [1.82, 2.24) is 0 Å². The maximum Gasteiger partial charge on any atom is 0.516 e. The van der Waals surface area contributed by atoms with Gasteiger partial charge in [-0.15, -0.1) is 0 Å². The Labute approximate surface area is 192 Å². The van der Waals surface area contributed by atoms with Gasteiger partial charge in [-0.25, -0.2) is 0 Å². The Morgan fingerprint density at radius 1 is 0.970 bits per heavy atom. The van der Waals surface area contributed by atoms with E-state index in [-0.39, 0.29) is 11.5 Å². The highest BCUT2D eigenvalue weighted by Gasteiger charge is 2.46. The van der Waals surface area contributed by atoms with Crippen molar-refractivity contribution in [3.8, 4) is 23.0 Å². The third-order valence-electron chi connectivity index (χ3n) is 4.26. The number of sulfonamides is 1. The van der Waals surface area contributed by atoms with Crippen LogP contribution in [0.4, 0.5) is 18.9 Å². The first-order valence-electron chi connectivity index (χ1n) is 9.07. The highest BCUT2D eigenvalue weighted by atomic mass is 32.2. The van der Waals surface area contributed by atoms with Gasteiger partial charge in [0.25, 0.3) is 0 Å². The van der Waals surface area contributed by atoms with Crippen LogP contribution in [0.5, 0.6) is 23.0 Å². The summed E-state index contributed by atoms with van der Waals surface area (Å²) >= 11 is -1.62. The van der Waals surface area contributed by atoms with Gasteiger partial charge in [0.2, 0.25) is 0 Å². The average molecular weight is 510 g/mol. The molecule has 0 aromatic heterocycles. The number of rotatable bonds is 10. The second-order valence-electron chi connectivity index (χ2n) is 6.36. The summed E-state index contributed by atoms with van der Waals surface area (Å²) in [6.45, 7) is 0. The molecule has 2 aromatic rings. The molecule has 0 aliphatic rings. The van der Waals surface area contributed by atoms with Crippen LogP contribution in [0.25, 0.3) is 6.08 Å². The lowest BCUT2D eigenvalue weighted by Gasteiger charge is -2.15. The number of nitrogens with one attached hydrogen (secondary N) is 1. The molecule has 1 atom stereocenters. The highest BCUT2D eigenvalue weighted by molar-refractivity contribution is 7.93. The number of hydrogen-bond acceptors (Lipinski definition) is 7. The number of hydrogen-bond donors (Lipinski definition) is 1. The van der Waals surface area contributed by atoms with E-state index in [1.54, 1.807) is 12.1 Å². The van der Waals surface area contributed by atoms with Crippen molar-refractivity contribution in [2.75, 3.05) is 33.2 Å². The predicted octanol–water partition coefficient (Wildman–Crippen LogP) is 3.90. The van der Waals surface area contributed by atoms with Gasteiger partial charge in [0.1, 0.15) is 34.2 Å². The minimum atomic E-state index is -5.65. The average Bonchev–Trinajstić information content (AvgIpc) is 2.76. The van der Waals surface area contributed by atoms with Gasteiger partial charge in [0.15, 0.2) is 0 Å². The Hall–Kier alpha value is -2.77. The van der Waals surface area contributed by atoms with E-state index in [2.05, 4.69) is 0 Å². The molecule has 0 saturated carbocycles. The van der Waals surface area contributed by atoms with E-state index in [9.17, 15) is 26.1 Å². The van der Waals surface area contributed by atoms with Crippen molar-refractivity contribution in [3.63, 3.8) is 0 Å². The monoisotopic (exact) mass is 509 g/mol. The van der Waals surface area contributed by atoms with Gasteiger partial charge in [-0.1, -0.05) is 6.07 Å². The van der Waals surface area contributed by atoms with Crippen LogP contribution in [-0.4, -0.2) is 46.9 Å². The lowest BCUT2D eigenvalue weighted by molar-refractivity contribution is -0.0429. The molecule has 0 fully saturated rings. The van der Waals surface area contributed by atoms with E-state index in [4.69, 9.17) is 18.9 Å². The number of benzene rings is 2. The van der Waals surface area contributed by atoms with E-state index in [0.717, 1.165) is 6.07 Å². The fourth-order valence-electron chi connectivity index (χ4n) is 2.68. The number of halogens is 3. The van der Waals surface area contributed by atoms with Gasteiger partial charge in [-0.3, -0.25) is 4.72 Å². The standard InChI is InChI=1S/C20H22F3NO7S2/c1-28-14-10-18(30-3)15(19(11-14)31-4)7-8-32(25)12-13-5-6-17(29-2)16(9-13)24-33(26,27)20(21,22)23/h5-11,24H,12H2,1-4H3. The minimum absolute atomic E-state index is 0.109. The Balaban J connectivity index is 2.28. The van der Waals surface area contributed by atoms with Crippen LogP contribution >= 0.6 is 0 Å². The summed E-state index contributed by atoms with van der Waals surface area (Å²) in [6, 6.07) is 7.11. The molecule has 0 amide bonds. The first kappa shape index (κ1) is 26.5. The lowest BCUT2D eigenvalue weighted by Crippen LogP contribution is -2.30. The molecule has 0 aliphatic heterocycles. The SMILES string of the molecule is COc1cc(OC)c(C=C[S+]([O-])Cc2ccc(OC)c(NS(=O)(=O)C(F)(F)F)c2)c(OC)c1. The molecule has 0 bridgehead atoms. The minimum Gasteiger partial charge on any atom is -0.612 e. The maximum atomic E-state index is 12.7. The van der Waals surface area contributed by atoms with Crippen LogP contribution in [0.2, 0.25) is 0 Å². The molecule has 0 radical (unpaired) electrons. The molecule has 1 unspecified atom stereocenters. The zero-order chi connectivity index (χ0) is 24.8. The fraction of sp³-hybridized carbons (Fsp3) is 0.300. The van der Waals surface area contributed by atoms with Crippen LogP contribution < -0.4 is 23.7 Å². The molecule has 13 heteroatoms. The molecule has 0 heterocycles. The van der Waals surface area contributed by atoms with E-state index in [1.807, 2.05) is 0 Å². The summed E-state index contributed by atoms with van der Waals surface area (Å²) in [5.41, 5.74) is -5.11. The molecule has 33 heavy (non-hydrogen) atoms.